The van der Waals surface area contributed by atoms with E-state index >= 15 is 0 Å². The van der Waals surface area contributed by atoms with Crippen molar-refractivity contribution < 1.29 is 9.78 Å². The molecule has 0 spiro atoms. The van der Waals surface area contributed by atoms with Gasteiger partial charge in [0, 0.05) is 0 Å². The Morgan fingerprint density at radius 2 is 1.53 bits per heavy atom. The molecule has 0 aliphatic carbocycles. The molecule has 0 heterocycles. The highest BCUT2D eigenvalue weighted by Gasteiger charge is 2.27. The highest BCUT2D eigenvalue weighted by Crippen LogP contribution is 2.27. The molecule has 0 rings (SSSR count). The summed E-state index contributed by atoms with van der Waals surface area (Å²) >= 11 is 0. The summed E-state index contributed by atoms with van der Waals surface area (Å²) in [6, 6.07) is 0. The summed E-state index contributed by atoms with van der Waals surface area (Å²) in [5.41, 5.74) is -0.0379. The van der Waals surface area contributed by atoms with Gasteiger partial charge < -0.3 is 0 Å². The Morgan fingerprint density at radius 1 is 0.867 bits per heavy atom. The predicted octanol–water partition coefficient (Wildman–Crippen LogP) is 4.48. The van der Waals surface area contributed by atoms with Crippen molar-refractivity contribution in [3.8, 4) is 0 Å². The third kappa shape index (κ3) is 6.16. The normalized spacial score (nSPS) is 12.0. The molecule has 2 heteroatoms. The van der Waals surface area contributed by atoms with Gasteiger partial charge in [-0.1, -0.05) is 46.5 Å². The van der Waals surface area contributed by atoms with E-state index in [2.05, 4.69) is 20.8 Å². The highest BCUT2D eigenvalue weighted by molar-refractivity contribution is 4.76. The van der Waals surface area contributed by atoms with E-state index < -0.39 is 0 Å². The van der Waals surface area contributed by atoms with E-state index in [1.54, 1.807) is 0 Å². The second-order valence-electron chi connectivity index (χ2n) is 4.19. The molecule has 0 aromatic heterocycles. The molecule has 0 aliphatic heterocycles. The van der Waals surface area contributed by atoms with Crippen molar-refractivity contribution in [2.75, 3.05) is 6.61 Å². The molecule has 92 valence electrons. The van der Waals surface area contributed by atoms with E-state index in [4.69, 9.17) is 9.78 Å². The number of hydrogen-bond acceptors (Lipinski definition) is 2. The van der Waals surface area contributed by atoms with Gasteiger partial charge in [0.15, 0.2) is 0 Å². The van der Waals surface area contributed by atoms with E-state index in [0.717, 1.165) is 19.3 Å². The first-order valence-electron chi connectivity index (χ1n) is 6.55. The van der Waals surface area contributed by atoms with Gasteiger partial charge in [-0.3, -0.25) is 0 Å². The van der Waals surface area contributed by atoms with E-state index in [1.165, 1.54) is 25.7 Å². The predicted molar refractivity (Wildman–Crippen MR) is 64.8 cm³/mol. The van der Waals surface area contributed by atoms with Crippen LogP contribution in [0.3, 0.4) is 0 Å². The molecule has 0 radical (unpaired) electrons. The third-order valence-electron chi connectivity index (χ3n) is 3.13. The molecule has 0 N–H and O–H groups in total. The molecule has 0 aliphatic rings. The zero-order valence-electron chi connectivity index (χ0n) is 11.0. The van der Waals surface area contributed by atoms with Crippen molar-refractivity contribution in [3.63, 3.8) is 0 Å². The molecule has 0 fully saturated rings. The first kappa shape index (κ1) is 14.9. The number of unbranched alkanes of at least 4 members (excludes halogenated alkanes) is 3. The number of hydrogen-bond donors (Lipinski definition) is 0. The summed E-state index contributed by atoms with van der Waals surface area (Å²) in [6.45, 7) is 9.21. The molecule has 15 heavy (non-hydrogen) atoms. The van der Waals surface area contributed by atoms with Gasteiger partial charge in [-0.25, -0.2) is 9.78 Å². The lowest BCUT2D eigenvalue weighted by atomic mass is 9.90. The van der Waals surface area contributed by atoms with Gasteiger partial charge >= 0.3 is 0 Å². The Balaban J connectivity index is 3.88. The molecular weight excluding hydrogens is 188 g/mol. The van der Waals surface area contributed by atoms with E-state index in [1.807, 2.05) is 6.92 Å². The lowest BCUT2D eigenvalue weighted by Gasteiger charge is -2.30. The molecule has 0 saturated heterocycles. The maximum Gasteiger partial charge on any atom is 0.103 e. The maximum atomic E-state index is 5.56. The SMILES string of the molecule is CCCCCCC(CC)(CC)OOCC. The molecule has 0 aromatic carbocycles. The molecule has 0 atom stereocenters. The topological polar surface area (TPSA) is 18.5 Å². The van der Waals surface area contributed by atoms with E-state index in [-0.39, 0.29) is 5.60 Å². The van der Waals surface area contributed by atoms with Crippen molar-refractivity contribution in [2.24, 2.45) is 0 Å². The fraction of sp³-hybridized carbons (Fsp3) is 1.00. The lowest BCUT2D eigenvalue weighted by molar-refractivity contribution is -0.362. The second kappa shape index (κ2) is 9.17. The standard InChI is InChI=1S/C13H28O2/c1-5-9-10-11-12-13(6-2,7-3)15-14-8-4/h5-12H2,1-4H3. The molecular formula is C13H28O2. The first-order chi connectivity index (χ1) is 7.24. The van der Waals surface area contributed by atoms with Gasteiger partial charge in [0.05, 0.1) is 6.61 Å². The molecule has 0 aromatic rings. The quantitative estimate of drug-likeness (QED) is 0.304. The summed E-state index contributed by atoms with van der Waals surface area (Å²) in [4.78, 5) is 10.7. The molecule has 0 bridgehead atoms. The Kier molecular flexibility index (Phi) is 9.12. The van der Waals surface area contributed by atoms with Crippen LogP contribution in [-0.4, -0.2) is 12.2 Å². The Morgan fingerprint density at radius 3 is 2.00 bits per heavy atom. The van der Waals surface area contributed by atoms with Crippen LogP contribution in [0, 0.1) is 0 Å². The van der Waals surface area contributed by atoms with Crippen molar-refractivity contribution in [1.82, 2.24) is 0 Å². The molecule has 2 nitrogen and oxygen atoms in total. The van der Waals surface area contributed by atoms with Crippen LogP contribution in [0.25, 0.3) is 0 Å². The molecule has 0 unspecified atom stereocenters. The lowest BCUT2D eigenvalue weighted by Crippen LogP contribution is -2.31. The Hall–Kier alpha value is -0.0800. The minimum atomic E-state index is -0.0379. The number of rotatable bonds is 10. The Bertz CT molecular complexity index is 130. The monoisotopic (exact) mass is 216 g/mol. The van der Waals surface area contributed by atoms with Gasteiger partial charge in [-0.2, -0.15) is 0 Å². The van der Waals surface area contributed by atoms with Crippen LogP contribution in [0.2, 0.25) is 0 Å². The molecule has 0 saturated carbocycles. The van der Waals surface area contributed by atoms with Crippen LogP contribution < -0.4 is 0 Å². The Labute approximate surface area is 95.3 Å². The van der Waals surface area contributed by atoms with Crippen molar-refractivity contribution in [2.45, 2.75) is 78.2 Å². The first-order valence-corrected chi connectivity index (χ1v) is 6.55. The van der Waals surface area contributed by atoms with Crippen LogP contribution in [-0.2, 0) is 9.78 Å². The van der Waals surface area contributed by atoms with Crippen molar-refractivity contribution in [3.05, 3.63) is 0 Å². The van der Waals surface area contributed by atoms with Crippen molar-refractivity contribution in [1.29, 1.82) is 0 Å². The smallest absolute Gasteiger partial charge is 0.103 e. The van der Waals surface area contributed by atoms with Crippen LogP contribution in [0.15, 0.2) is 0 Å². The van der Waals surface area contributed by atoms with Gasteiger partial charge in [0.1, 0.15) is 5.60 Å². The summed E-state index contributed by atoms with van der Waals surface area (Å²) in [5.74, 6) is 0. The summed E-state index contributed by atoms with van der Waals surface area (Å²) in [7, 11) is 0. The summed E-state index contributed by atoms with van der Waals surface area (Å²) in [6.07, 6.45) is 8.39. The fourth-order valence-electron chi connectivity index (χ4n) is 1.82. The highest BCUT2D eigenvalue weighted by atomic mass is 17.2. The largest absolute Gasteiger partial charge is 0.236 e. The van der Waals surface area contributed by atoms with E-state index in [0.29, 0.717) is 6.61 Å². The minimum Gasteiger partial charge on any atom is -0.236 e. The average Bonchev–Trinajstić information content (AvgIpc) is 2.29. The zero-order chi connectivity index (χ0) is 11.6. The van der Waals surface area contributed by atoms with Crippen LogP contribution in [0.5, 0.6) is 0 Å². The average molecular weight is 216 g/mol. The van der Waals surface area contributed by atoms with Gasteiger partial charge in [0.25, 0.3) is 0 Å². The fourth-order valence-corrected chi connectivity index (χ4v) is 1.82. The van der Waals surface area contributed by atoms with E-state index in [9.17, 15) is 0 Å². The van der Waals surface area contributed by atoms with Crippen molar-refractivity contribution >= 4 is 0 Å². The van der Waals surface area contributed by atoms with Crippen LogP contribution >= 0.6 is 0 Å². The third-order valence-corrected chi connectivity index (χ3v) is 3.13. The summed E-state index contributed by atoms with van der Waals surface area (Å²) in [5, 5.41) is 0. The summed E-state index contributed by atoms with van der Waals surface area (Å²) < 4.78 is 0. The second-order valence-corrected chi connectivity index (χ2v) is 4.19. The molecule has 0 amide bonds. The van der Waals surface area contributed by atoms with Gasteiger partial charge in [-0.05, 0) is 26.2 Å². The zero-order valence-corrected chi connectivity index (χ0v) is 11.0. The minimum absolute atomic E-state index is 0.0379. The van der Waals surface area contributed by atoms with Gasteiger partial charge in [-0.15, -0.1) is 0 Å². The maximum absolute atomic E-state index is 5.56. The van der Waals surface area contributed by atoms with Gasteiger partial charge in [0.2, 0.25) is 0 Å². The van der Waals surface area contributed by atoms with Crippen LogP contribution in [0.4, 0.5) is 0 Å². The van der Waals surface area contributed by atoms with Crippen LogP contribution in [0.1, 0.15) is 72.6 Å².